The maximum absolute atomic E-state index is 13.4. The predicted octanol–water partition coefficient (Wildman–Crippen LogP) is 5.29. The molecule has 0 aliphatic heterocycles. The van der Waals surface area contributed by atoms with Gasteiger partial charge in [0.2, 0.25) is 0 Å². The van der Waals surface area contributed by atoms with Crippen LogP contribution in [0.4, 0.5) is 0 Å². The van der Waals surface area contributed by atoms with E-state index in [2.05, 4.69) is 26.8 Å². The first kappa shape index (κ1) is 16.4. The van der Waals surface area contributed by atoms with Crippen molar-refractivity contribution < 1.29 is 4.79 Å². The molecule has 2 nitrogen and oxygen atoms in total. The molecule has 0 heterocycles. The predicted molar refractivity (Wildman–Crippen MR) is 95.0 cm³/mol. The van der Waals surface area contributed by atoms with Gasteiger partial charge >= 0.3 is 0 Å². The second kappa shape index (κ2) is 5.45. The molecule has 0 aromatic carbocycles. The van der Waals surface area contributed by atoms with Gasteiger partial charge in [0.05, 0.1) is 6.07 Å². The molecule has 4 fully saturated rings. The van der Waals surface area contributed by atoms with Crippen LogP contribution in [-0.2, 0) is 4.79 Å². The third-order valence-corrected chi connectivity index (χ3v) is 8.70. The van der Waals surface area contributed by atoms with Crippen LogP contribution in [0.15, 0.2) is 11.6 Å². The van der Waals surface area contributed by atoms with Crippen molar-refractivity contribution in [3.05, 3.63) is 11.6 Å². The van der Waals surface area contributed by atoms with Crippen molar-refractivity contribution in [2.45, 2.75) is 72.1 Å². The molecule has 7 atom stereocenters. The molecule has 0 spiro atoms. The molecule has 0 aromatic heterocycles. The van der Waals surface area contributed by atoms with E-state index in [1.807, 2.05) is 0 Å². The summed E-state index contributed by atoms with van der Waals surface area (Å²) in [6, 6.07) is 2.24. The van der Waals surface area contributed by atoms with Crippen molar-refractivity contribution in [2.24, 2.45) is 40.4 Å². The van der Waals surface area contributed by atoms with Crippen LogP contribution in [0.3, 0.4) is 0 Å². The van der Waals surface area contributed by atoms with Gasteiger partial charge in [-0.2, -0.15) is 5.26 Å². The number of rotatable bonds is 0. The summed E-state index contributed by atoms with van der Waals surface area (Å²) in [5.41, 5.74) is 1.47. The summed E-state index contributed by atoms with van der Waals surface area (Å²) in [5.74, 6) is 3.59. The molecule has 0 radical (unpaired) electrons. The first-order valence-corrected chi connectivity index (χ1v) is 10.0. The lowest BCUT2D eigenvalue weighted by Gasteiger charge is -2.59. The fraction of sp³-hybridized carbons (Fsp3) is 0.818. The number of carbonyl (C=O) groups excluding carboxylic acids is 1. The lowest BCUT2D eigenvalue weighted by molar-refractivity contribution is -0.154. The van der Waals surface area contributed by atoms with Gasteiger partial charge in [-0.15, -0.1) is 0 Å². The number of Topliss-reactive ketones (excluding diaryl/α,β-unsaturated/α-hetero) is 1. The zero-order valence-electron chi connectivity index (χ0n) is 15.5. The van der Waals surface area contributed by atoms with Crippen LogP contribution in [0.5, 0.6) is 0 Å². The lowest BCUT2D eigenvalue weighted by Crippen LogP contribution is -2.56. The van der Waals surface area contributed by atoms with Crippen molar-refractivity contribution >= 4 is 5.78 Å². The third kappa shape index (κ3) is 2.09. The first-order chi connectivity index (χ1) is 11.4. The normalized spacial score (nSPS) is 52.3. The fourth-order valence-corrected chi connectivity index (χ4v) is 7.45. The van der Waals surface area contributed by atoms with Crippen LogP contribution >= 0.6 is 0 Å². The standard InChI is InChI=1S/C22H31NO/c1-14-8-10-21(2)16(12-14)4-6-17-18-7-5-15(9-11-23)22(18,3)13-19(24)20(17)21/h9,14,16-18,20H,4-8,10,12-13H2,1-3H3/b15-9-. The highest BCUT2D eigenvalue weighted by Crippen LogP contribution is 2.66. The van der Waals surface area contributed by atoms with E-state index in [9.17, 15) is 4.79 Å². The van der Waals surface area contributed by atoms with E-state index in [1.54, 1.807) is 6.08 Å². The fourth-order valence-electron chi connectivity index (χ4n) is 7.45. The number of hydrogen-bond acceptors (Lipinski definition) is 2. The minimum absolute atomic E-state index is 0.0286. The average Bonchev–Trinajstić information content (AvgIpc) is 2.84. The molecule has 4 aliphatic rings. The van der Waals surface area contributed by atoms with Gasteiger partial charge < -0.3 is 0 Å². The molecular formula is C22H31NO. The molecule has 0 amide bonds. The van der Waals surface area contributed by atoms with Crippen molar-refractivity contribution in [3.63, 3.8) is 0 Å². The molecule has 0 saturated heterocycles. The van der Waals surface area contributed by atoms with E-state index in [0.717, 1.165) is 18.3 Å². The van der Waals surface area contributed by atoms with Gasteiger partial charge in [0.1, 0.15) is 5.78 Å². The van der Waals surface area contributed by atoms with Gasteiger partial charge in [-0.25, -0.2) is 0 Å². The highest BCUT2D eigenvalue weighted by atomic mass is 16.1. The number of ketones is 1. The highest BCUT2D eigenvalue weighted by Gasteiger charge is 2.61. The molecule has 0 N–H and O–H groups in total. The van der Waals surface area contributed by atoms with E-state index >= 15 is 0 Å². The summed E-state index contributed by atoms with van der Waals surface area (Å²) in [6.45, 7) is 7.11. The number of nitrogens with zero attached hydrogens (tertiary/aromatic N) is 1. The molecule has 0 aromatic rings. The zero-order chi connectivity index (χ0) is 17.1. The largest absolute Gasteiger partial charge is 0.299 e. The minimum atomic E-state index is -0.0286. The molecular weight excluding hydrogens is 294 g/mol. The molecule has 4 saturated carbocycles. The summed E-state index contributed by atoms with van der Waals surface area (Å²) >= 11 is 0. The van der Waals surface area contributed by atoms with Gasteiger partial charge in [0.15, 0.2) is 0 Å². The van der Waals surface area contributed by atoms with Crippen LogP contribution in [-0.4, -0.2) is 5.78 Å². The maximum atomic E-state index is 13.4. The Labute approximate surface area is 146 Å². The Morgan fingerprint density at radius 1 is 1.21 bits per heavy atom. The molecule has 24 heavy (non-hydrogen) atoms. The quantitative estimate of drug-likeness (QED) is 0.567. The second-order valence-electron chi connectivity index (χ2n) is 9.81. The van der Waals surface area contributed by atoms with E-state index in [4.69, 9.17) is 5.26 Å². The second-order valence-corrected chi connectivity index (χ2v) is 9.81. The highest BCUT2D eigenvalue weighted by molar-refractivity contribution is 5.85. The van der Waals surface area contributed by atoms with E-state index in [1.165, 1.54) is 44.1 Å². The number of allylic oxidation sites excluding steroid dienone is 2. The Hall–Kier alpha value is -1.10. The summed E-state index contributed by atoms with van der Waals surface area (Å²) in [7, 11) is 0. The van der Waals surface area contributed by atoms with Crippen LogP contribution in [0.25, 0.3) is 0 Å². The SMILES string of the molecule is CC1CCC2(C)C(CCC3C4CC/C(=C/C#N)C4(C)CC(=O)C32)C1. The van der Waals surface area contributed by atoms with Crippen LogP contribution in [0, 0.1) is 51.8 Å². The summed E-state index contributed by atoms with van der Waals surface area (Å²) in [6.07, 6.45) is 11.1. The van der Waals surface area contributed by atoms with Gasteiger partial charge in [-0.3, -0.25) is 4.79 Å². The van der Waals surface area contributed by atoms with E-state index < -0.39 is 0 Å². The van der Waals surface area contributed by atoms with Crippen LogP contribution in [0.1, 0.15) is 72.1 Å². The third-order valence-electron chi connectivity index (χ3n) is 8.70. The summed E-state index contributed by atoms with van der Waals surface area (Å²) < 4.78 is 0. The Bertz CT molecular complexity index is 628. The van der Waals surface area contributed by atoms with Gasteiger partial charge in [0, 0.05) is 18.4 Å². The Morgan fingerprint density at radius 2 is 2.00 bits per heavy atom. The molecule has 4 rings (SSSR count). The average molecular weight is 325 g/mol. The number of carbonyl (C=O) groups is 1. The molecule has 4 aliphatic carbocycles. The van der Waals surface area contributed by atoms with E-state index in [-0.39, 0.29) is 10.8 Å². The van der Waals surface area contributed by atoms with Crippen LogP contribution in [0.2, 0.25) is 0 Å². The minimum Gasteiger partial charge on any atom is -0.299 e. The topological polar surface area (TPSA) is 40.9 Å². The van der Waals surface area contributed by atoms with Crippen molar-refractivity contribution in [3.8, 4) is 6.07 Å². The molecule has 0 bridgehead atoms. The Balaban J connectivity index is 1.70. The maximum Gasteiger partial charge on any atom is 0.137 e. The van der Waals surface area contributed by atoms with Crippen molar-refractivity contribution in [2.75, 3.05) is 0 Å². The van der Waals surface area contributed by atoms with Gasteiger partial charge in [-0.1, -0.05) is 32.8 Å². The molecule has 130 valence electrons. The molecule has 2 heteroatoms. The van der Waals surface area contributed by atoms with E-state index in [0.29, 0.717) is 30.0 Å². The van der Waals surface area contributed by atoms with Gasteiger partial charge in [0.25, 0.3) is 0 Å². The summed E-state index contributed by atoms with van der Waals surface area (Å²) in [5, 5.41) is 9.14. The lowest BCUT2D eigenvalue weighted by atomic mass is 9.44. The first-order valence-electron chi connectivity index (χ1n) is 10.0. The van der Waals surface area contributed by atoms with Crippen LogP contribution < -0.4 is 0 Å². The Kier molecular flexibility index (Phi) is 3.72. The smallest absolute Gasteiger partial charge is 0.137 e. The zero-order valence-corrected chi connectivity index (χ0v) is 15.5. The van der Waals surface area contributed by atoms with Gasteiger partial charge in [-0.05, 0) is 73.0 Å². The number of hydrogen-bond donors (Lipinski definition) is 0. The number of fused-ring (bicyclic) bond motifs is 5. The Morgan fingerprint density at radius 3 is 2.75 bits per heavy atom. The molecule has 7 unspecified atom stereocenters. The summed E-state index contributed by atoms with van der Waals surface area (Å²) in [4.78, 5) is 13.4. The van der Waals surface area contributed by atoms with Crippen molar-refractivity contribution in [1.29, 1.82) is 5.26 Å². The monoisotopic (exact) mass is 325 g/mol. The van der Waals surface area contributed by atoms with Crippen molar-refractivity contribution in [1.82, 2.24) is 0 Å². The number of nitriles is 1.